The first kappa shape index (κ1) is 39.2. The molecule has 1 aromatic carbocycles. The predicted molar refractivity (Wildman–Crippen MR) is 163 cm³/mol. The molecule has 0 aliphatic heterocycles. The zero-order valence-corrected chi connectivity index (χ0v) is 27.1. The second-order valence-corrected chi connectivity index (χ2v) is 11.7. The van der Waals surface area contributed by atoms with E-state index >= 15 is 0 Å². The Morgan fingerprint density at radius 3 is 1.19 bits per heavy atom. The summed E-state index contributed by atoms with van der Waals surface area (Å²) in [7, 11) is 0. The van der Waals surface area contributed by atoms with Crippen LogP contribution in [0.1, 0.15) is 46.6 Å². The lowest BCUT2D eigenvalue weighted by atomic mass is 9.72. The maximum atomic E-state index is 10.3. The molecule has 11 heteroatoms. The zero-order valence-electron chi connectivity index (χ0n) is 27.1. The lowest BCUT2D eigenvalue weighted by Crippen LogP contribution is -2.24. The van der Waals surface area contributed by atoms with E-state index in [0.717, 1.165) is 12.2 Å². The Balaban J connectivity index is 1.80. The van der Waals surface area contributed by atoms with Crippen LogP contribution in [0, 0.1) is 5.41 Å². The monoisotopic (exact) mass is 616 g/mol. The van der Waals surface area contributed by atoms with Gasteiger partial charge in [0.25, 0.3) is 0 Å². The molecule has 0 aliphatic carbocycles. The smallest absolute Gasteiger partial charge is 0.329 e. The Hall–Kier alpha value is -1.83. The minimum atomic E-state index is -0.993. The molecule has 0 saturated heterocycles. The van der Waals surface area contributed by atoms with Gasteiger partial charge in [-0.05, 0) is 34.9 Å². The van der Waals surface area contributed by atoms with Crippen molar-refractivity contribution < 1.29 is 52.5 Å². The molecule has 0 amide bonds. The minimum absolute atomic E-state index is 0.121. The highest BCUT2D eigenvalue weighted by Crippen LogP contribution is 2.36. The molecule has 0 aliphatic rings. The summed E-state index contributed by atoms with van der Waals surface area (Å²) in [6, 6.07) is 8.39. The van der Waals surface area contributed by atoms with Crippen LogP contribution in [0.4, 0.5) is 0 Å². The van der Waals surface area contributed by atoms with Crippen molar-refractivity contribution in [3.8, 4) is 5.75 Å². The summed E-state index contributed by atoms with van der Waals surface area (Å²) in [6.07, 6.45) is 1.11. The highest BCUT2D eigenvalue weighted by Gasteiger charge is 2.27. The van der Waals surface area contributed by atoms with Crippen LogP contribution in [0.2, 0.25) is 0 Å². The van der Waals surface area contributed by atoms with Crippen LogP contribution < -0.4 is 4.74 Å². The summed E-state index contributed by atoms with van der Waals surface area (Å²) >= 11 is 0. The van der Waals surface area contributed by atoms with Crippen molar-refractivity contribution in [1.29, 1.82) is 0 Å². The number of hydrogen-bond donors (Lipinski definition) is 1. The molecule has 11 nitrogen and oxygen atoms in total. The molecule has 0 radical (unpaired) electrons. The molecule has 0 aromatic heterocycles. The quantitative estimate of drug-likeness (QED) is 0.132. The van der Waals surface area contributed by atoms with Gasteiger partial charge in [-0.3, -0.25) is 0 Å². The molecule has 1 N–H and O–H groups in total. The number of ether oxygens (including phenoxy) is 9. The van der Waals surface area contributed by atoms with Crippen LogP contribution in [-0.4, -0.2) is 123 Å². The van der Waals surface area contributed by atoms with Crippen LogP contribution in [0.25, 0.3) is 0 Å². The molecule has 43 heavy (non-hydrogen) atoms. The molecule has 250 valence electrons. The third-order valence-corrected chi connectivity index (χ3v) is 5.93. The normalized spacial score (nSPS) is 12.1. The Morgan fingerprint density at radius 2 is 0.860 bits per heavy atom. The summed E-state index contributed by atoms with van der Waals surface area (Å²) in [5.74, 6) is -0.138. The fourth-order valence-corrected chi connectivity index (χ4v) is 4.35. The maximum absolute atomic E-state index is 10.3. The van der Waals surface area contributed by atoms with Crippen molar-refractivity contribution >= 4 is 5.97 Å². The van der Waals surface area contributed by atoms with E-state index in [0.29, 0.717) is 99.1 Å². The van der Waals surface area contributed by atoms with E-state index in [4.69, 9.17) is 47.7 Å². The van der Waals surface area contributed by atoms with Crippen molar-refractivity contribution in [3.05, 3.63) is 29.8 Å². The zero-order chi connectivity index (χ0) is 31.7. The third-order valence-electron chi connectivity index (χ3n) is 5.93. The van der Waals surface area contributed by atoms with Gasteiger partial charge < -0.3 is 47.7 Å². The van der Waals surface area contributed by atoms with Crippen LogP contribution in [0.15, 0.2) is 24.3 Å². The fourth-order valence-electron chi connectivity index (χ4n) is 4.35. The van der Waals surface area contributed by atoms with Gasteiger partial charge in [-0.15, -0.1) is 0 Å². The molecule has 0 fully saturated rings. The first-order valence-corrected chi connectivity index (χ1v) is 15.2. The molecular formula is C32H56O11. The van der Waals surface area contributed by atoms with E-state index < -0.39 is 5.97 Å². The van der Waals surface area contributed by atoms with Crippen LogP contribution in [0.5, 0.6) is 5.75 Å². The predicted octanol–water partition coefficient (Wildman–Crippen LogP) is 4.00. The topological polar surface area (TPSA) is 120 Å². The van der Waals surface area contributed by atoms with E-state index in [1.165, 1.54) is 5.56 Å². The van der Waals surface area contributed by atoms with Crippen molar-refractivity contribution in [1.82, 2.24) is 0 Å². The molecule has 0 saturated carbocycles. The van der Waals surface area contributed by atoms with Crippen molar-refractivity contribution in [2.24, 2.45) is 5.41 Å². The number of rotatable bonds is 29. The first-order valence-electron chi connectivity index (χ1n) is 15.2. The van der Waals surface area contributed by atoms with E-state index in [1.54, 1.807) is 0 Å². The first-order chi connectivity index (χ1) is 20.6. The highest BCUT2D eigenvalue weighted by molar-refractivity contribution is 5.67. The van der Waals surface area contributed by atoms with Gasteiger partial charge in [0, 0.05) is 0 Å². The lowest BCUT2D eigenvalue weighted by molar-refractivity contribution is -0.142. The van der Waals surface area contributed by atoms with Gasteiger partial charge in [0.2, 0.25) is 0 Å². The maximum Gasteiger partial charge on any atom is 0.329 e. The number of carbonyl (C=O) groups is 1. The van der Waals surface area contributed by atoms with Gasteiger partial charge in [-0.2, -0.15) is 0 Å². The third kappa shape index (κ3) is 24.2. The van der Waals surface area contributed by atoms with Gasteiger partial charge in [0.05, 0.1) is 99.1 Å². The van der Waals surface area contributed by atoms with E-state index in [-0.39, 0.29) is 24.0 Å². The second kappa shape index (κ2) is 24.5. The molecular weight excluding hydrogens is 560 g/mol. The van der Waals surface area contributed by atoms with Crippen molar-refractivity contribution in [2.75, 3.05) is 112 Å². The number of carboxylic acids is 1. The number of hydrogen-bond acceptors (Lipinski definition) is 10. The Labute approximate surface area is 258 Å². The molecule has 0 bridgehead atoms. The molecule has 0 heterocycles. The second-order valence-electron chi connectivity index (χ2n) is 11.7. The van der Waals surface area contributed by atoms with Gasteiger partial charge in [-0.1, -0.05) is 46.8 Å². The number of benzene rings is 1. The number of aliphatic carboxylic acids is 1. The highest BCUT2D eigenvalue weighted by atomic mass is 16.6. The Morgan fingerprint density at radius 1 is 0.535 bits per heavy atom. The summed E-state index contributed by atoms with van der Waals surface area (Å²) in [6.45, 7) is 18.5. The Bertz CT molecular complexity index is 793. The van der Waals surface area contributed by atoms with Crippen LogP contribution in [-0.2, 0) is 48.1 Å². The summed E-state index contributed by atoms with van der Waals surface area (Å²) in [5.41, 5.74) is 1.72. The van der Waals surface area contributed by atoms with Gasteiger partial charge in [0.1, 0.15) is 19.0 Å². The molecule has 0 atom stereocenters. The van der Waals surface area contributed by atoms with Gasteiger partial charge in [-0.25, -0.2) is 4.79 Å². The SMILES string of the molecule is CC(C)(C)CC(C)(C)c1ccc(OCCOCCOCCOCCOCCOCCOCCOCCOCC(=O)O)cc1. The van der Waals surface area contributed by atoms with Crippen LogP contribution >= 0.6 is 0 Å². The fraction of sp³-hybridized carbons (Fsp3) is 0.781. The Kier molecular flexibility index (Phi) is 22.3. The summed E-state index contributed by atoms with van der Waals surface area (Å²) in [5, 5.41) is 8.43. The van der Waals surface area contributed by atoms with Gasteiger partial charge >= 0.3 is 5.97 Å². The number of carboxylic acid groups (broad SMARTS) is 1. The molecule has 0 spiro atoms. The average molecular weight is 617 g/mol. The largest absolute Gasteiger partial charge is 0.491 e. The lowest BCUT2D eigenvalue weighted by Gasteiger charge is -2.33. The molecule has 0 unspecified atom stereocenters. The minimum Gasteiger partial charge on any atom is -0.491 e. The van der Waals surface area contributed by atoms with Gasteiger partial charge in [0.15, 0.2) is 0 Å². The standard InChI is InChI=1S/C32H56O11/c1-31(2,3)27-32(4,5)28-6-8-29(9-7-28)43-25-24-41-21-20-39-17-16-37-13-12-35-10-11-36-14-15-38-18-19-40-22-23-42-26-30(33)34/h6-9H,10-27H2,1-5H3,(H,33,34). The van der Waals surface area contributed by atoms with E-state index in [2.05, 4.69) is 46.8 Å². The summed E-state index contributed by atoms with van der Waals surface area (Å²) < 4.78 is 48.7. The molecule has 1 rings (SSSR count). The van der Waals surface area contributed by atoms with Crippen molar-refractivity contribution in [2.45, 2.75) is 46.5 Å². The van der Waals surface area contributed by atoms with Crippen molar-refractivity contribution in [3.63, 3.8) is 0 Å². The van der Waals surface area contributed by atoms with Crippen LogP contribution in [0.3, 0.4) is 0 Å². The average Bonchev–Trinajstić information content (AvgIpc) is 2.93. The molecule has 1 aromatic rings. The van der Waals surface area contributed by atoms with E-state index in [9.17, 15) is 4.79 Å². The van der Waals surface area contributed by atoms with E-state index in [1.807, 2.05) is 12.1 Å². The summed E-state index contributed by atoms with van der Waals surface area (Å²) in [4.78, 5) is 10.3.